The lowest BCUT2D eigenvalue weighted by Crippen LogP contribution is -2.33. The molecule has 5 nitrogen and oxygen atoms in total. The molecule has 7 heteroatoms. The molecule has 2 aromatic carbocycles. The van der Waals surface area contributed by atoms with Gasteiger partial charge in [-0.3, -0.25) is 9.69 Å². The van der Waals surface area contributed by atoms with E-state index in [2.05, 4.69) is 24.0 Å². The molecule has 0 spiro atoms. The summed E-state index contributed by atoms with van der Waals surface area (Å²) in [6, 6.07) is 13.5. The van der Waals surface area contributed by atoms with E-state index in [-0.39, 0.29) is 18.3 Å². The molecular formula is C22H28ClN3O2S. The number of thiazole rings is 1. The Morgan fingerprint density at radius 2 is 1.83 bits per heavy atom. The summed E-state index contributed by atoms with van der Waals surface area (Å²) >= 11 is 1.57. The molecule has 3 aromatic rings. The van der Waals surface area contributed by atoms with E-state index in [1.807, 2.05) is 51.4 Å². The Bertz CT molecular complexity index is 941. The zero-order chi connectivity index (χ0) is 20.1. The van der Waals surface area contributed by atoms with Gasteiger partial charge in [-0.05, 0) is 82.9 Å². The van der Waals surface area contributed by atoms with Gasteiger partial charge < -0.3 is 9.64 Å². The Morgan fingerprint density at radius 1 is 1.10 bits per heavy atom. The van der Waals surface area contributed by atoms with Crippen molar-refractivity contribution < 1.29 is 9.53 Å². The summed E-state index contributed by atoms with van der Waals surface area (Å²) < 4.78 is 6.59. The SMILES string of the molecule is CCOc1ccc(C(=O)N(CCCN(C)C)c2nc3ccc(C)cc3s2)cc1.Cl. The third-order valence-electron chi connectivity index (χ3n) is 4.41. The monoisotopic (exact) mass is 433 g/mol. The molecule has 0 aliphatic rings. The van der Waals surface area contributed by atoms with Gasteiger partial charge in [-0.2, -0.15) is 0 Å². The van der Waals surface area contributed by atoms with Crippen molar-refractivity contribution >= 4 is 45.0 Å². The summed E-state index contributed by atoms with van der Waals surface area (Å²) in [6.45, 7) is 6.16. The van der Waals surface area contributed by atoms with Gasteiger partial charge in [0.05, 0.1) is 16.8 Å². The standard InChI is InChI=1S/C22H27N3O2S.ClH/c1-5-27-18-10-8-17(9-11-18)21(26)25(14-6-13-24(3)4)22-23-19-12-7-16(2)15-20(19)28-22;/h7-12,15H,5-6,13-14H2,1-4H3;1H. The average Bonchev–Trinajstić information content (AvgIpc) is 3.08. The van der Waals surface area contributed by atoms with E-state index in [4.69, 9.17) is 9.72 Å². The summed E-state index contributed by atoms with van der Waals surface area (Å²) in [5.74, 6) is 0.742. The highest BCUT2D eigenvalue weighted by molar-refractivity contribution is 7.22. The van der Waals surface area contributed by atoms with Gasteiger partial charge in [0.25, 0.3) is 5.91 Å². The highest BCUT2D eigenvalue weighted by atomic mass is 35.5. The smallest absolute Gasteiger partial charge is 0.260 e. The van der Waals surface area contributed by atoms with Crippen LogP contribution >= 0.6 is 23.7 Å². The number of benzene rings is 2. The molecule has 0 aliphatic carbocycles. The van der Waals surface area contributed by atoms with Crippen LogP contribution in [0.4, 0.5) is 5.13 Å². The van der Waals surface area contributed by atoms with Crippen molar-refractivity contribution in [1.29, 1.82) is 0 Å². The number of carbonyl (C=O) groups excluding carboxylic acids is 1. The number of hydrogen-bond acceptors (Lipinski definition) is 5. The Morgan fingerprint density at radius 3 is 2.48 bits per heavy atom. The quantitative estimate of drug-likeness (QED) is 0.500. The van der Waals surface area contributed by atoms with Crippen LogP contribution in [0.2, 0.25) is 0 Å². The topological polar surface area (TPSA) is 45.7 Å². The maximum atomic E-state index is 13.3. The van der Waals surface area contributed by atoms with E-state index in [0.29, 0.717) is 18.7 Å². The van der Waals surface area contributed by atoms with Crippen molar-refractivity contribution in [3.05, 3.63) is 53.6 Å². The zero-order valence-electron chi connectivity index (χ0n) is 17.3. The fourth-order valence-corrected chi connectivity index (χ4v) is 4.07. The second-order valence-corrected chi connectivity index (χ2v) is 8.05. The van der Waals surface area contributed by atoms with Crippen LogP contribution in [0.15, 0.2) is 42.5 Å². The molecule has 0 atom stereocenters. The lowest BCUT2D eigenvalue weighted by molar-refractivity contribution is 0.0986. The number of anilines is 1. The fourth-order valence-electron chi connectivity index (χ4n) is 2.98. The van der Waals surface area contributed by atoms with E-state index in [1.165, 1.54) is 5.56 Å². The van der Waals surface area contributed by atoms with Crippen LogP contribution in [-0.2, 0) is 0 Å². The minimum absolute atomic E-state index is 0. The van der Waals surface area contributed by atoms with Crippen LogP contribution in [0.5, 0.6) is 5.75 Å². The number of amides is 1. The molecule has 1 heterocycles. The molecule has 156 valence electrons. The van der Waals surface area contributed by atoms with Crippen LogP contribution < -0.4 is 9.64 Å². The largest absolute Gasteiger partial charge is 0.494 e. The number of rotatable bonds is 8. The third kappa shape index (κ3) is 5.92. The number of nitrogens with zero attached hydrogens (tertiary/aromatic N) is 3. The molecule has 0 bridgehead atoms. The minimum Gasteiger partial charge on any atom is -0.494 e. The van der Waals surface area contributed by atoms with Crippen LogP contribution in [-0.4, -0.2) is 49.6 Å². The Hall–Kier alpha value is -2.15. The van der Waals surface area contributed by atoms with Crippen molar-refractivity contribution in [2.24, 2.45) is 0 Å². The normalized spacial score (nSPS) is 10.8. The Balaban J connectivity index is 0.00000300. The highest BCUT2D eigenvalue weighted by Gasteiger charge is 2.21. The molecule has 0 saturated carbocycles. The van der Waals surface area contributed by atoms with Crippen molar-refractivity contribution in [3.8, 4) is 5.75 Å². The van der Waals surface area contributed by atoms with Crippen LogP contribution in [0.25, 0.3) is 10.2 Å². The Kier molecular flexibility index (Phi) is 8.44. The van der Waals surface area contributed by atoms with E-state index in [0.717, 1.165) is 34.1 Å². The molecule has 0 radical (unpaired) electrons. The molecule has 0 unspecified atom stereocenters. The molecular weight excluding hydrogens is 406 g/mol. The predicted molar refractivity (Wildman–Crippen MR) is 124 cm³/mol. The first kappa shape index (κ1) is 23.1. The Labute approximate surface area is 182 Å². The number of carbonyl (C=O) groups is 1. The number of aryl methyl sites for hydroxylation is 1. The number of aromatic nitrogens is 1. The predicted octanol–water partition coefficient (Wildman–Crippen LogP) is 5.02. The van der Waals surface area contributed by atoms with Gasteiger partial charge in [0, 0.05) is 12.1 Å². The minimum atomic E-state index is -0.0300. The van der Waals surface area contributed by atoms with Crippen molar-refractivity contribution in [3.63, 3.8) is 0 Å². The van der Waals surface area contributed by atoms with E-state index < -0.39 is 0 Å². The molecule has 3 rings (SSSR count). The van der Waals surface area contributed by atoms with Gasteiger partial charge in [-0.15, -0.1) is 12.4 Å². The molecule has 1 amide bonds. The first-order valence-electron chi connectivity index (χ1n) is 9.54. The van der Waals surface area contributed by atoms with E-state index in [9.17, 15) is 4.79 Å². The summed E-state index contributed by atoms with van der Waals surface area (Å²) in [5, 5.41) is 0.748. The van der Waals surface area contributed by atoms with E-state index >= 15 is 0 Å². The van der Waals surface area contributed by atoms with Crippen LogP contribution in [0.1, 0.15) is 29.3 Å². The summed E-state index contributed by atoms with van der Waals surface area (Å²) in [6.07, 6.45) is 0.880. The maximum absolute atomic E-state index is 13.3. The second kappa shape index (κ2) is 10.6. The van der Waals surface area contributed by atoms with Gasteiger partial charge in [0.1, 0.15) is 5.75 Å². The summed E-state index contributed by atoms with van der Waals surface area (Å²) in [5.41, 5.74) is 2.77. The molecule has 0 N–H and O–H groups in total. The number of ether oxygens (including phenoxy) is 1. The first-order valence-corrected chi connectivity index (χ1v) is 10.4. The average molecular weight is 434 g/mol. The lowest BCUT2D eigenvalue weighted by Gasteiger charge is -2.21. The molecule has 0 fully saturated rings. The van der Waals surface area contributed by atoms with Gasteiger partial charge in [-0.1, -0.05) is 17.4 Å². The van der Waals surface area contributed by atoms with Gasteiger partial charge in [0.2, 0.25) is 0 Å². The molecule has 29 heavy (non-hydrogen) atoms. The number of halogens is 1. The second-order valence-electron chi connectivity index (χ2n) is 7.04. The summed E-state index contributed by atoms with van der Waals surface area (Å²) in [4.78, 5) is 21.9. The van der Waals surface area contributed by atoms with E-state index in [1.54, 1.807) is 16.2 Å². The van der Waals surface area contributed by atoms with Gasteiger partial charge in [0.15, 0.2) is 5.13 Å². The fraction of sp³-hybridized carbons (Fsp3) is 0.364. The highest BCUT2D eigenvalue weighted by Crippen LogP contribution is 2.30. The lowest BCUT2D eigenvalue weighted by atomic mass is 10.2. The van der Waals surface area contributed by atoms with Crippen molar-refractivity contribution in [1.82, 2.24) is 9.88 Å². The molecule has 0 aliphatic heterocycles. The molecule has 1 aromatic heterocycles. The number of fused-ring (bicyclic) bond motifs is 1. The molecule has 0 saturated heterocycles. The van der Waals surface area contributed by atoms with Crippen molar-refractivity contribution in [2.45, 2.75) is 20.3 Å². The van der Waals surface area contributed by atoms with Crippen LogP contribution in [0.3, 0.4) is 0 Å². The first-order chi connectivity index (χ1) is 13.5. The van der Waals surface area contributed by atoms with Crippen molar-refractivity contribution in [2.75, 3.05) is 38.7 Å². The zero-order valence-corrected chi connectivity index (χ0v) is 19.0. The van der Waals surface area contributed by atoms with Gasteiger partial charge in [-0.25, -0.2) is 4.98 Å². The third-order valence-corrected chi connectivity index (χ3v) is 5.45. The van der Waals surface area contributed by atoms with Crippen LogP contribution in [0, 0.1) is 6.92 Å². The number of hydrogen-bond donors (Lipinski definition) is 0. The maximum Gasteiger partial charge on any atom is 0.260 e. The summed E-state index contributed by atoms with van der Waals surface area (Å²) in [7, 11) is 4.08. The van der Waals surface area contributed by atoms with Gasteiger partial charge >= 0.3 is 0 Å².